The van der Waals surface area contributed by atoms with E-state index < -0.39 is 0 Å². The summed E-state index contributed by atoms with van der Waals surface area (Å²) in [6.45, 7) is 10.1. The Morgan fingerprint density at radius 1 is 1.38 bits per heavy atom. The van der Waals surface area contributed by atoms with Crippen LogP contribution in [0.5, 0.6) is 0 Å². The molecule has 1 aromatic heterocycles. The van der Waals surface area contributed by atoms with Crippen LogP contribution >= 0.6 is 11.6 Å². The number of aromatic nitrogens is 2. The van der Waals surface area contributed by atoms with Crippen molar-refractivity contribution in [1.82, 2.24) is 14.5 Å². The van der Waals surface area contributed by atoms with Gasteiger partial charge in [0.15, 0.2) is 0 Å². The second-order valence-electron chi connectivity index (χ2n) is 6.51. The second-order valence-corrected chi connectivity index (χ2v) is 6.78. The van der Waals surface area contributed by atoms with Gasteiger partial charge in [-0.15, -0.1) is 11.6 Å². The number of hydrogen-bond acceptors (Lipinski definition) is 2. The van der Waals surface area contributed by atoms with E-state index in [0.29, 0.717) is 17.8 Å². The predicted molar refractivity (Wildman–Crippen MR) is 88.8 cm³/mol. The molecule has 21 heavy (non-hydrogen) atoms. The van der Waals surface area contributed by atoms with Gasteiger partial charge in [-0.3, -0.25) is 0 Å². The topological polar surface area (TPSA) is 21.1 Å². The summed E-state index contributed by atoms with van der Waals surface area (Å²) in [7, 11) is 0. The molecule has 4 heteroatoms. The first-order valence-corrected chi connectivity index (χ1v) is 8.37. The van der Waals surface area contributed by atoms with Gasteiger partial charge in [-0.1, -0.05) is 6.07 Å². The fourth-order valence-electron chi connectivity index (χ4n) is 3.33. The van der Waals surface area contributed by atoms with Crippen LogP contribution in [-0.4, -0.2) is 33.6 Å². The molecule has 1 unspecified atom stereocenters. The molecule has 0 spiro atoms. The van der Waals surface area contributed by atoms with Crippen molar-refractivity contribution in [2.75, 3.05) is 13.1 Å². The molecule has 0 bridgehead atoms. The molecular formula is C17H24ClN3. The first-order valence-electron chi connectivity index (χ1n) is 7.84. The van der Waals surface area contributed by atoms with Gasteiger partial charge in [0.05, 0.1) is 16.9 Å². The molecule has 2 heterocycles. The zero-order valence-corrected chi connectivity index (χ0v) is 13.9. The Hall–Kier alpha value is -1.06. The third kappa shape index (κ3) is 2.95. The molecule has 1 aliphatic heterocycles. The smallest absolute Gasteiger partial charge is 0.124 e. The van der Waals surface area contributed by atoms with Crippen LogP contribution in [0.4, 0.5) is 0 Å². The molecule has 1 aromatic carbocycles. The third-order valence-electron chi connectivity index (χ3n) is 4.59. The van der Waals surface area contributed by atoms with E-state index in [1.165, 1.54) is 30.6 Å². The fourth-order valence-corrected chi connectivity index (χ4v) is 3.54. The minimum Gasteiger partial charge on any atom is -0.327 e. The molecule has 0 aliphatic carbocycles. The van der Waals surface area contributed by atoms with E-state index >= 15 is 0 Å². The zero-order valence-electron chi connectivity index (χ0n) is 13.1. The zero-order chi connectivity index (χ0) is 15.0. The molecule has 1 atom stereocenters. The Bertz CT molecular complexity index is 632. The van der Waals surface area contributed by atoms with Crippen LogP contribution in [0.2, 0.25) is 0 Å². The highest BCUT2D eigenvalue weighted by Gasteiger charge is 2.25. The summed E-state index contributed by atoms with van der Waals surface area (Å²) in [6.07, 6.45) is 1.27. The minimum atomic E-state index is 0.480. The lowest BCUT2D eigenvalue weighted by atomic mass is 10.1. The van der Waals surface area contributed by atoms with Crippen LogP contribution in [0.25, 0.3) is 11.0 Å². The lowest BCUT2D eigenvalue weighted by Crippen LogP contribution is -2.28. The molecule has 3 rings (SSSR count). The second kappa shape index (κ2) is 5.98. The molecule has 1 saturated heterocycles. The molecule has 0 saturated carbocycles. The Kier molecular flexibility index (Phi) is 4.23. The summed E-state index contributed by atoms with van der Waals surface area (Å²) < 4.78 is 2.33. The minimum absolute atomic E-state index is 0.480. The quantitative estimate of drug-likeness (QED) is 0.801. The SMILES string of the molecule is Cc1ccc2c(c1)nc(CCl)n2CC1CCN(C(C)C)C1. The summed E-state index contributed by atoms with van der Waals surface area (Å²) in [5.41, 5.74) is 3.55. The number of nitrogens with zero attached hydrogens (tertiary/aromatic N) is 3. The van der Waals surface area contributed by atoms with Crippen LogP contribution in [0.3, 0.4) is 0 Å². The van der Waals surface area contributed by atoms with E-state index in [2.05, 4.69) is 48.4 Å². The van der Waals surface area contributed by atoms with Gasteiger partial charge >= 0.3 is 0 Å². The monoisotopic (exact) mass is 305 g/mol. The standard InChI is InChI=1S/C17H24ClN3/c1-12(2)20-7-6-14(10-20)11-21-16-5-4-13(3)8-15(16)19-17(21)9-18/h4-5,8,12,14H,6-7,9-11H2,1-3H3. The van der Waals surface area contributed by atoms with Crippen molar-refractivity contribution in [2.24, 2.45) is 5.92 Å². The van der Waals surface area contributed by atoms with Gasteiger partial charge in [-0.2, -0.15) is 0 Å². The van der Waals surface area contributed by atoms with Gasteiger partial charge in [0.25, 0.3) is 0 Å². The van der Waals surface area contributed by atoms with E-state index in [0.717, 1.165) is 17.9 Å². The maximum absolute atomic E-state index is 6.11. The Morgan fingerprint density at radius 3 is 2.86 bits per heavy atom. The van der Waals surface area contributed by atoms with E-state index in [4.69, 9.17) is 16.6 Å². The summed E-state index contributed by atoms with van der Waals surface area (Å²) in [5, 5.41) is 0. The van der Waals surface area contributed by atoms with Gasteiger partial charge in [0.1, 0.15) is 5.82 Å². The number of aryl methyl sites for hydroxylation is 1. The number of halogens is 1. The number of rotatable bonds is 4. The van der Waals surface area contributed by atoms with Crippen LogP contribution in [0, 0.1) is 12.8 Å². The predicted octanol–water partition coefficient (Wildman–Crippen LogP) is 3.81. The largest absolute Gasteiger partial charge is 0.327 e. The molecule has 2 aromatic rings. The van der Waals surface area contributed by atoms with Gasteiger partial charge in [-0.25, -0.2) is 4.98 Å². The molecule has 1 fully saturated rings. The van der Waals surface area contributed by atoms with Crippen LogP contribution in [0.15, 0.2) is 18.2 Å². The molecular weight excluding hydrogens is 282 g/mol. The highest BCUT2D eigenvalue weighted by molar-refractivity contribution is 6.16. The van der Waals surface area contributed by atoms with Gasteiger partial charge in [-0.05, 0) is 57.4 Å². The number of alkyl halides is 1. The van der Waals surface area contributed by atoms with E-state index in [1.54, 1.807) is 0 Å². The molecule has 0 amide bonds. The lowest BCUT2D eigenvalue weighted by Gasteiger charge is -2.20. The van der Waals surface area contributed by atoms with Gasteiger partial charge in [0, 0.05) is 19.1 Å². The average Bonchev–Trinajstić information content (AvgIpc) is 3.04. The maximum Gasteiger partial charge on any atom is 0.124 e. The number of likely N-dealkylation sites (tertiary alicyclic amines) is 1. The first kappa shape index (κ1) is 14.9. The maximum atomic E-state index is 6.11. The Morgan fingerprint density at radius 2 is 2.19 bits per heavy atom. The molecule has 1 aliphatic rings. The van der Waals surface area contributed by atoms with Crippen LogP contribution in [-0.2, 0) is 12.4 Å². The van der Waals surface area contributed by atoms with E-state index in [9.17, 15) is 0 Å². The third-order valence-corrected chi connectivity index (χ3v) is 4.83. The Labute approximate surface area is 131 Å². The number of hydrogen-bond donors (Lipinski definition) is 0. The normalized spacial score (nSPS) is 20.0. The van der Waals surface area contributed by atoms with Gasteiger partial charge < -0.3 is 9.47 Å². The van der Waals surface area contributed by atoms with Crippen molar-refractivity contribution in [2.45, 2.75) is 45.7 Å². The summed E-state index contributed by atoms with van der Waals surface area (Å²) in [4.78, 5) is 7.27. The molecule has 0 radical (unpaired) electrons. The summed E-state index contributed by atoms with van der Waals surface area (Å²) in [5.74, 6) is 2.18. The molecule has 0 N–H and O–H groups in total. The van der Waals surface area contributed by atoms with Crippen molar-refractivity contribution in [1.29, 1.82) is 0 Å². The van der Waals surface area contributed by atoms with Crippen LogP contribution < -0.4 is 0 Å². The average molecular weight is 306 g/mol. The number of fused-ring (bicyclic) bond motifs is 1. The molecule has 114 valence electrons. The number of imidazole rings is 1. The van der Waals surface area contributed by atoms with Crippen molar-refractivity contribution < 1.29 is 0 Å². The van der Waals surface area contributed by atoms with E-state index in [1.807, 2.05) is 0 Å². The van der Waals surface area contributed by atoms with E-state index in [-0.39, 0.29) is 0 Å². The van der Waals surface area contributed by atoms with Crippen LogP contribution in [0.1, 0.15) is 31.7 Å². The highest BCUT2D eigenvalue weighted by Crippen LogP contribution is 2.25. The highest BCUT2D eigenvalue weighted by atomic mass is 35.5. The van der Waals surface area contributed by atoms with Crippen molar-refractivity contribution >= 4 is 22.6 Å². The van der Waals surface area contributed by atoms with Crippen molar-refractivity contribution in [3.8, 4) is 0 Å². The fraction of sp³-hybridized carbons (Fsp3) is 0.588. The first-order chi connectivity index (χ1) is 10.1. The van der Waals surface area contributed by atoms with Crippen molar-refractivity contribution in [3.05, 3.63) is 29.6 Å². The summed E-state index contributed by atoms with van der Waals surface area (Å²) >= 11 is 6.11. The van der Waals surface area contributed by atoms with Crippen molar-refractivity contribution in [3.63, 3.8) is 0 Å². The summed E-state index contributed by atoms with van der Waals surface area (Å²) in [6, 6.07) is 7.14. The lowest BCUT2D eigenvalue weighted by molar-refractivity contribution is 0.261. The van der Waals surface area contributed by atoms with Gasteiger partial charge in [0.2, 0.25) is 0 Å². The molecule has 3 nitrogen and oxygen atoms in total. The number of benzene rings is 1. The Balaban J connectivity index is 1.86.